The Morgan fingerprint density at radius 3 is 2.40 bits per heavy atom. The van der Waals surface area contributed by atoms with Gasteiger partial charge in [-0.05, 0) is 34.1 Å². The smallest absolute Gasteiger partial charge is 0.243 e. The van der Waals surface area contributed by atoms with Gasteiger partial charge >= 0.3 is 0 Å². The molecular formula is C10H13BrN4O4S. The maximum atomic E-state index is 11.5. The third kappa shape index (κ3) is 4.89. The van der Waals surface area contributed by atoms with E-state index < -0.39 is 21.8 Å². The number of hydrogen-bond acceptors (Lipinski definition) is 5. The summed E-state index contributed by atoms with van der Waals surface area (Å²) < 4.78 is 22.6. The minimum absolute atomic E-state index is 0.0844. The molecule has 0 aliphatic heterocycles. The second-order valence-corrected chi connectivity index (χ2v) is 6.13. The summed E-state index contributed by atoms with van der Waals surface area (Å²) in [5.41, 5.74) is 5.42. The van der Waals surface area contributed by atoms with Crippen molar-refractivity contribution in [2.45, 2.75) is 4.90 Å². The van der Waals surface area contributed by atoms with Gasteiger partial charge in [-0.2, -0.15) is 0 Å². The lowest BCUT2D eigenvalue weighted by molar-refractivity contribution is -0.123. The van der Waals surface area contributed by atoms with Crippen LogP contribution in [-0.2, 0) is 19.6 Å². The van der Waals surface area contributed by atoms with E-state index in [0.29, 0.717) is 10.2 Å². The van der Waals surface area contributed by atoms with Crippen LogP contribution in [-0.4, -0.2) is 33.3 Å². The van der Waals surface area contributed by atoms with Gasteiger partial charge in [0, 0.05) is 4.47 Å². The number of nitrogens with two attached hydrogens (primary N) is 2. The molecule has 0 saturated heterocycles. The number of primary sulfonamides is 1. The molecule has 0 spiro atoms. The standard InChI is InChI=1S/C10H13BrN4O4S/c11-7-3-6(20(13,18)19)1-2-8(7)15-10(17)5-14-9(16)4-12/h1-3H,4-5,12H2,(H,14,16)(H,15,17)(H2,13,18,19). The van der Waals surface area contributed by atoms with Crippen LogP contribution in [0.3, 0.4) is 0 Å². The number of rotatable bonds is 5. The highest BCUT2D eigenvalue weighted by Crippen LogP contribution is 2.25. The molecule has 1 rings (SSSR count). The number of nitrogens with one attached hydrogen (secondary N) is 2. The number of carbonyl (C=O) groups excluding carboxylic acids is 2. The van der Waals surface area contributed by atoms with Gasteiger partial charge in [0.2, 0.25) is 21.8 Å². The molecule has 1 aromatic rings. The molecule has 0 atom stereocenters. The fraction of sp³-hybridized carbons (Fsp3) is 0.200. The van der Waals surface area contributed by atoms with Crippen LogP contribution in [0, 0.1) is 0 Å². The van der Waals surface area contributed by atoms with E-state index in [-0.39, 0.29) is 18.0 Å². The van der Waals surface area contributed by atoms with Gasteiger partial charge in [-0.25, -0.2) is 13.6 Å². The van der Waals surface area contributed by atoms with Gasteiger partial charge in [0.05, 0.1) is 23.7 Å². The predicted octanol–water partition coefficient (Wildman–Crippen LogP) is -0.890. The van der Waals surface area contributed by atoms with Crippen LogP contribution in [0.25, 0.3) is 0 Å². The van der Waals surface area contributed by atoms with Crippen LogP contribution >= 0.6 is 15.9 Å². The zero-order valence-corrected chi connectivity index (χ0v) is 12.6. The second-order valence-electron chi connectivity index (χ2n) is 3.72. The van der Waals surface area contributed by atoms with E-state index in [1.807, 2.05) is 0 Å². The molecule has 0 fully saturated rings. The first-order chi connectivity index (χ1) is 9.24. The molecule has 2 amide bonds. The van der Waals surface area contributed by atoms with Crippen LogP contribution in [0.4, 0.5) is 5.69 Å². The minimum Gasteiger partial charge on any atom is -0.346 e. The van der Waals surface area contributed by atoms with E-state index in [2.05, 4.69) is 26.6 Å². The topological polar surface area (TPSA) is 144 Å². The molecule has 20 heavy (non-hydrogen) atoms. The van der Waals surface area contributed by atoms with Crippen molar-refractivity contribution in [2.75, 3.05) is 18.4 Å². The minimum atomic E-state index is -3.81. The van der Waals surface area contributed by atoms with Gasteiger partial charge in [0.15, 0.2) is 0 Å². The molecule has 110 valence electrons. The van der Waals surface area contributed by atoms with E-state index in [0.717, 1.165) is 0 Å². The molecule has 0 saturated carbocycles. The molecule has 8 nitrogen and oxygen atoms in total. The summed E-state index contributed by atoms with van der Waals surface area (Å²) in [6.45, 7) is -0.445. The first-order valence-electron chi connectivity index (χ1n) is 5.33. The molecule has 0 heterocycles. The molecule has 0 radical (unpaired) electrons. The molecule has 0 aliphatic rings. The van der Waals surface area contributed by atoms with Crippen molar-refractivity contribution >= 4 is 43.5 Å². The summed E-state index contributed by atoms with van der Waals surface area (Å²) >= 11 is 3.12. The average Bonchev–Trinajstić information content (AvgIpc) is 2.37. The summed E-state index contributed by atoms with van der Waals surface area (Å²) in [5, 5.41) is 9.77. The predicted molar refractivity (Wildman–Crippen MR) is 76.2 cm³/mol. The number of amides is 2. The molecule has 10 heteroatoms. The highest BCUT2D eigenvalue weighted by atomic mass is 79.9. The average molecular weight is 365 g/mol. The Morgan fingerprint density at radius 2 is 1.90 bits per heavy atom. The number of hydrogen-bond donors (Lipinski definition) is 4. The Morgan fingerprint density at radius 1 is 1.25 bits per heavy atom. The van der Waals surface area contributed by atoms with Crippen molar-refractivity contribution in [1.29, 1.82) is 0 Å². The Balaban J connectivity index is 2.74. The van der Waals surface area contributed by atoms with Gasteiger partial charge in [-0.3, -0.25) is 9.59 Å². The first-order valence-corrected chi connectivity index (χ1v) is 7.67. The molecule has 1 aromatic carbocycles. The summed E-state index contributed by atoms with van der Waals surface area (Å²) in [4.78, 5) is 22.3. The van der Waals surface area contributed by atoms with Crippen LogP contribution in [0.15, 0.2) is 27.6 Å². The third-order valence-electron chi connectivity index (χ3n) is 2.17. The van der Waals surface area contributed by atoms with Crippen molar-refractivity contribution in [3.63, 3.8) is 0 Å². The van der Waals surface area contributed by atoms with Crippen molar-refractivity contribution < 1.29 is 18.0 Å². The quantitative estimate of drug-likeness (QED) is 0.535. The number of benzene rings is 1. The fourth-order valence-corrected chi connectivity index (χ4v) is 2.39. The Kier molecular flexibility index (Phi) is 5.62. The molecule has 6 N–H and O–H groups in total. The van der Waals surface area contributed by atoms with E-state index in [1.54, 1.807) is 0 Å². The zero-order chi connectivity index (χ0) is 15.3. The molecule has 0 aliphatic carbocycles. The third-order valence-corrected chi connectivity index (χ3v) is 3.74. The maximum absolute atomic E-state index is 11.5. The Labute approximate surface area is 124 Å². The van der Waals surface area contributed by atoms with Gasteiger partial charge < -0.3 is 16.4 Å². The summed E-state index contributed by atoms with van der Waals surface area (Å²) in [6, 6.07) is 3.91. The maximum Gasteiger partial charge on any atom is 0.243 e. The number of halogens is 1. The summed E-state index contributed by atoms with van der Waals surface area (Å²) in [7, 11) is -3.81. The van der Waals surface area contributed by atoms with Crippen LogP contribution in [0.1, 0.15) is 0 Å². The fourth-order valence-electron chi connectivity index (χ4n) is 1.22. The van der Waals surface area contributed by atoms with E-state index >= 15 is 0 Å². The molecule has 0 aromatic heterocycles. The largest absolute Gasteiger partial charge is 0.346 e. The van der Waals surface area contributed by atoms with Crippen molar-refractivity contribution in [1.82, 2.24) is 5.32 Å². The van der Waals surface area contributed by atoms with Crippen LogP contribution < -0.4 is 21.5 Å². The lowest BCUT2D eigenvalue weighted by Gasteiger charge is -2.09. The molecule has 0 unspecified atom stereocenters. The first kappa shape index (κ1) is 16.6. The second kappa shape index (κ2) is 6.79. The SMILES string of the molecule is NCC(=O)NCC(=O)Nc1ccc(S(N)(=O)=O)cc1Br. The van der Waals surface area contributed by atoms with Crippen molar-refractivity contribution in [3.8, 4) is 0 Å². The van der Waals surface area contributed by atoms with Gasteiger partial charge in [0.1, 0.15) is 0 Å². The Bertz CT molecular complexity index is 632. The van der Waals surface area contributed by atoms with E-state index in [1.165, 1.54) is 18.2 Å². The van der Waals surface area contributed by atoms with Gasteiger partial charge in [-0.1, -0.05) is 0 Å². The number of sulfonamides is 1. The molecule has 0 bridgehead atoms. The highest BCUT2D eigenvalue weighted by molar-refractivity contribution is 9.10. The Hall–Kier alpha value is -1.49. The number of carbonyl (C=O) groups is 2. The summed E-state index contributed by atoms with van der Waals surface area (Å²) in [5.74, 6) is -0.931. The van der Waals surface area contributed by atoms with E-state index in [9.17, 15) is 18.0 Å². The monoisotopic (exact) mass is 364 g/mol. The van der Waals surface area contributed by atoms with Crippen molar-refractivity contribution in [2.24, 2.45) is 10.9 Å². The van der Waals surface area contributed by atoms with Crippen molar-refractivity contribution in [3.05, 3.63) is 22.7 Å². The van der Waals surface area contributed by atoms with Crippen LogP contribution in [0.2, 0.25) is 0 Å². The van der Waals surface area contributed by atoms with Gasteiger partial charge in [0.25, 0.3) is 0 Å². The summed E-state index contributed by atoms with van der Waals surface area (Å²) in [6.07, 6.45) is 0. The van der Waals surface area contributed by atoms with Gasteiger partial charge in [-0.15, -0.1) is 0 Å². The normalized spacial score (nSPS) is 10.9. The lowest BCUT2D eigenvalue weighted by atomic mass is 10.3. The lowest BCUT2D eigenvalue weighted by Crippen LogP contribution is -2.36. The zero-order valence-electron chi connectivity index (χ0n) is 10.2. The number of anilines is 1. The highest BCUT2D eigenvalue weighted by Gasteiger charge is 2.12. The van der Waals surface area contributed by atoms with Crippen LogP contribution in [0.5, 0.6) is 0 Å². The van der Waals surface area contributed by atoms with E-state index in [4.69, 9.17) is 10.9 Å². The molecular weight excluding hydrogens is 352 g/mol.